The fraction of sp³-hybridized carbons (Fsp3) is 0.423. The molecule has 0 spiro atoms. The molecule has 4 aromatic rings. The summed E-state index contributed by atoms with van der Waals surface area (Å²) in [5, 5.41) is 22.7. The van der Waals surface area contributed by atoms with Crippen molar-refractivity contribution >= 4 is 16.6 Å². The maximum Gasteiger partial charge on any atom is 0.256 e. The van der Waals surface area contributed by atoms with Gasteiger partial charge < -0.3 is 15.2 Å². The van der Waals surface area contributed by atoms with Gasteiger partial charge in [-0.25, -0.2) is 4.68 Å². The smallest absolute Gasteiger partial charge is 0.256 e. The van der Waals surface area contributed by atoms with Crippen LogP contribution in [0.25, 0.3) is 22.2 Å². The number of H-pyrrole nitrogens is 1. The maximum absolute atomic E-state index is 12.4. The Labute approximate surface area is 203 Å². The molecule has 1 aliphatic carbocycles. The van der Waals surface area contributed by atoms with Gasteiger partial charge in [0, 0.05) is 24.5 Å². The predicted octanol–water partition coefficient (Wildman–Crippen LogP) is 2.98. The van der Waals surface area contributed by atoms with E-state index in [9.17, 15) is 4.79 Å². The van der Waals surface area contributed by atoms with Gasteiger partial charge in [-0.1, -0.05) is 29.8 Å². The molecule has 4 heterocycles. The van der Waals surface area contributed by atoms with Gasteiger partial charge in [0.05, 0.1) is 24.1 Å². The second-order valence-corrected chi connectivity index (χ2v) is 9.77. The van der Waals surface area contributed by atoms with Crippen molar-refractivity contribution in [1.82, 2.24) is 35.5 Å². The van der Waals surface area contributed by atoms with E-state index in [0.29, 0.717) is 29.4 Å². The SMILES string of the molecule is O=c1[nH]c(-c2cn(Cc3ccc(N4CCC[C@@H](NCC5CCC5)C4)nn3)nn2)cc2ccccc12. The molecule has 0 amide bonds. The van der Waals surface area contributed by atoms with Crippen LogP contribution in [0.1, 0.15) is 37.8 Å². The lowest BCUT2D eigenvalue weighted by Crippen LogP contribution is -2.47. The average molecular weight is 471 g/mol. The molecule has 2 fully saturated rings. The Morgan fingerprint density at radius 1 is 1.03 bits per heavy atom. The summed E-state index contributed by atoms with van der Waals surface area (Å²) in [6.45, 7) is 3.61. The van der Waals surface area contributed by atoms with Gasteiger partial charge >= 0.3 is 0 Å². The Balaban J connectivity index is 1.10. The van der Waals surface area contributed by atoms with Crippen LogP contribution in [0.4, 0.5) is 5.82 Å². The molecule has 0 unspecified atom stereocenters. The largest absolute Gasteiger partial charge is 0.354 e. The minimum atomic E-state index is -0.132. The molecule has 35 heavy (non-hydrogen) atoms. The standard InChI is InChI=1S/C26H30N8O/c35-26-22-9-2-1-7-19(22)13-23(28-26)24-17-34(32-30-24)16-21-10-11-25(31-29-21)33-12-4-8-20(15-33)27-14-18-5-3-6-18/h1-2,7,9-11,13,17-18,20,27H,3-6,8,12,14-16H2,(H,28,35)/t20-/m1/s1. The summed E-state index contributed by atoms with van der Waals surface area (Å²) in [6.07, 6.45) is 8.37. The fourth-order valence-corrected chi connectivity index (χ4v) is 5.00. The van der Waals surface area contributed by atoms with E-state index >= 15 is 0 Å². The second kappa shape index (κ2) is 9.58. The predicted molar refractivity (Wildman–Crippen MR) is 135 cm³/mol. The van der Waals surface area contributed by atoms with Crippen LogP contribution < -0.4 is 15.8 Å². The molecule has 180 valence electrons. The summed E-state index contributed by atoms with van der Waals surface area (Å²) in [6, 6.07) is 14.0. The van der Waals surface area contributed by atoms with Crippen LogP contribution in [0.5, 0.6) is 0 Å². The molecule has 1 aromatic carbocycles. The number of rotatable bonds is 7. The Hall–Kier alpha value is -3.59. The van der Waals surface area contributed by atoms with Crippen molar-refractivity contribution in [3.63, 3.8) is 0 Å². The number of aromatic amines is 1. The second-order valence-electron chi connectivity index (χ2n) is 9.77. The number of pyridine rings is 1. The number of nitrogens with zero attached hydrogens (tertiary/aromatic N) is 6. The Morgan fingerprint density at radius 3 is 2.77 bits per heavy atom. The highest BCUT2D eigenvalue weighted by atomic mass is 16.1. The Bertz CT molecular complexity index is 1360. The summed E-state index contributed by atoms with van der Waals surface area (Å²) >= 11 is 0. The molecule has 2 aliphatic rings. The summed E-state index contributed by atoms with van der Waals surface area (Å²) in [5.74, 6) is 1.81. The quantitative estimate of drug-likeness (QED) is 0.428. The zero-order valence-corrected chi connectivity index (χ0v) is 19.7. The Morgan fingerprint density at radius 2 is 1.94 bits per heavy atom. The molecular weight excluding hydrogens is 440 g/mol. The number of nitrogens with one attached hydrogen (secondary N) is 2. The molecule has 1 saturated carbocycles. The lowest BCUT2D eigenvalue weighted by atomic mass is 9.85. The van der Waals surface area contributed by atoms with Gasteiger partial charge in [-0.15, -0.1) is 10.2 Å². The van der Waals surface area contributed by atoms with Crippen LogP contribution in [0.3, 0.4) is 0 Å². The Kier molecular flexibility index (Phi) is 5.99. The van der Waals surface area contributed by atoms with Crippen LogP contribution in [-0.2, 0) is 6.54 Å². The highest BCUT2D eigenvalue weighted by molar-refractivity contribution is 5.84. The van der Waals surface area contributed by atoms with Crippen molar-refractivity contribution in [3.8, 4) is 11.4 Å². The number of hydrogen-bond donors (Lipinski definition) is 2. The zero-order valence-electron chi connectivity index (χ0n) is 19.7. The number of benzene rings is 1. The molecule has 1 saturated heterocycles. The zero-order chi connectivity index (χ0) is 23.6. The van der Waals surface area contributed by atoms with E-state index in [4.69, 9.17) is 0 Å². The van der Waals surface area contributed by atoms with E-state index in [-0.39, 0.29) is 5.56 Å². The highest BCUT2D eigenvalue weighted by Crippen LogP contribution is 2.26. The summed E-state index contributed by atoms with van der Waals surface area (Å²) in [5.41, 5.74) is 1.94. The summed E-state index contributed by atoms with van der Waals surface area (Å²) < 4.78 is 1.72. The van der Waals surface area contributed by atoms with Crippen molar-refractivity contribution in [3.05, 3.63) is 64.7 Å². The van der Waals surface area contributed by atoms with E-state index in [1.165, 1.54) is 32.1 Å². The van der Waals surface area contributed by atoms with Crippen molar-refractivity contribution in [2.45, 2.75) is 44.7 Å². The summed E-state index contributed by atoms with van der Waals surface area (Å²) in [4.78, 5) is 17.6. The molecule has 9 heteroatoms. The first-order valence-corrected chi connectivity index (χ1v) is 12.5. The normalized spacial score (nSPS) is 18.6. The molecule has 1 atom stereocenters. The van der Waals surface area contributed by atoms with Gasteiger partial charge in [-0.05, 0) is 67.8 Å². The lowest BCUT2D eigenvalue weighted by molar-refractivity contribution is 0.280. The van der Waals surface area contributed by atoms with E-state index < -0.39 is 0 Å². The van der Waals surface area contributed by atoms with Gasteiger partial charge in [0.15, 0.2) is 5.82 Å². The molecule has 1 aliphatic heterocycles. The van der Waals surface area contributed by atoms with E-state index in [1.807, 2.05) is 42.6 Å². The third kappa shape index (κ3) is 4.81. The molecular formula is C26H30N8O. The van der Waals surface area contributed by atoms with Crippen LogP contribution in [0.2, 0.25) is 0 Å². The third-order valence-corrected chi connectivity index (χ3v) is 7.26. The van der Waals surface area contributed by atoms with E-state index in [2.05, 4.69) is 41.8 Å². The first kappa shape index (κ1) is 21.9. The number of piperidine rings is 1. The molecule has 2 N–H and O–H groups in total. The summed E-state index contributed by atoms with van der Waals surface area (Å²) in [7, 11) is 0. The number of anilines is 1. The molecule has 6 rings (SSSR count). The third-order valence-electron chi connectivity index (χ3n) is 7.26. The minimum Gasteiger partial charge on any atom is -0.354 e. The number of hydrogen-bond acceptors (Lipinski definition) is 7. The first-order valence-electron chi connectivity index (χ1n) is 12.5. The van der Waals surface area contributed by atoms with Crippen LogP contribution in [-0.4, -0.2) is 55.9 Å². The molecule has 0 bridgehead atoms. The maximum atomic E-state index is 12.4. The van der Waals surface area contributed by atoms with Crippen LogP contribution in [0, 0.1) is 5.92 Å². The van der Waals surface area contributed by atoms with Gasteiger partial charge in [0.25, 0.3) is 5.56 Å². The van der Waals surface area contributed by atoms with E-state index in [0.717, 1.165) is 42.5 Å². The first-order chi connectivity index (χ1) is 17.2. The van der Waals surface area contributed by atoms with Gasteiger partial charge in [0.2, 0.25) is 0 Å². The molecule has 9 nitrogen and oxygen atoms in total. The van der Waals surface area contributed by atoms with E-state index in [1.54, 1.807) is 4.68 Å². The van der Waals surface area contributed by atoms with Crippen LogP contribution >= 0.6 is 0 Å². The number of aromatic nitrogens is 6. The van der Waals surface area contributed by atoms with Crippen molar-refractivity contribution < 1.29 is 0 Å². The fourth-order valence-electron chi connectivity index (χ4n) is 5.00. The highest BCUT2D eigenvalue weighted by Gasteiger charge is 2.23. The van der Waals surface area contributed by atoms with Crippen LogP contribution in [0.15, 0.2) is 53.5 Å². The average Bonchev–Trinajstić information content (AvgIpc) is 3.32. The van der Waals surface area contributed by atoms with Gasteiger partial charge in [0.1, 0.15) is 5.69 Å². The minimum absolute atomic E-state index is 0.132. The van der Waals surface area contributed by atoms with Gasteiger partial charge in [-0.2, -0.15) is 5.10 Å². The molecule has 0 radical (unpaired) electrons. The van der Waals surface area contributed by atoms with Crippen molar-refractivity contribution in [2.75, 3.05) is 24.5 Å². The van der Waals surface area contributed by atoms with Gasteiger partial charge in [-0.3, -0.25) is 4.79 Å². The van der Waals surface area contributed by atoms with Crippen molar-refractivity contribution in [1.29, 1.82) is 0 Å². The molecule has 3 aromatic heterocycles. The van der Waals surface area contributed by atoms with Crippen molar-refractivity contribution in [2.24, 2.45) is 5.92 Å². The monoisotopic (exact) mass is 470 g/mol. The number of fused-ring (bicyclic) bond motifs is 1. The lowest BCUT2D eigenvalue weighted by Gasteiger charge is -2.35. The topological polar surface area (TPSA) is 105 Å².